The monoisotopic (exact) mass is 442 g/mol. The topological polar surface area (TPSA) is 42.0 Å². The van der Waals surface area contributed by atoms with Gasteiger partial charge in [-0.1, -0.05) is 35.9 Å². The minimum Gasteiger partial charge on any atom is -0.357 e. The van der Waals surface area contributed by atoms with E-state index in [1.54, 1.807) is 11.8 Å². The molecule has 1 aromatic carbocycles. The standard InChI is InChI=1S/C17H18N2OS3.BrH/c1-11-3-5-13(6-4-11)9-18-16-19-14(10-22-16)17(15(20)21)8-7-12(2)23-17;/h3-7,10H,8-9H2,1-2H3,(H,18,19)(H,20,21);1H. The fraction of sp³-hybridized carbons (Fsp3) is 0.294. The van der Waals surface area contributed by atoms with Crippen molar-refractivity contribution in [3.05, 3.63) is 57.4 Å². The highest BCUT2D eigenvalue weighted by Crippen LogP contribution is 2.51. The van der Waals surface area contributed by atoms with E-state index in [0.717, 1.165) is 22.3 Å². The van der Waals surface area contributed by atoms with Gasteiger partial charge < -0.3 is 5.32 Å². The third kappa shape index (κ3) is 4.07. The van der Waals surface area contributed by atoms with Crippen LogP contribution in [0.15, 0.2) is 40.6 Å². The summed E-state index contributed by atoms with van der Waals surface area (Å²) in [6, 6.07) is 8.41. The average molecular weight is 443 g/mol. The zero-order valence-electron chi connectivity index (χ0n) is 13.4. The second-order valence-corrected chi connectivity index (χ2v) is 8.44. The number of rotatable bonds is 5. The quantitative estimate of drug-likeness (QED) is 0.613. The van der Waals surface area contributed by atoms with Crippen molar-refractivity contribution in [2.45, 2.75) is 31.6 Å². The zero-order chi connectivity index (χ0) is 16.4. The van der Waals surface area contributed by atoms with Crippen molar-refractivity contribution in [2.24, 2.45) is 0 Å². The number of benzene rings is 1. The molecule has 0 amide bonds. The Balaban J connectivity index is 0.00000208. The molecule has 0 spiro atoms. The number of anilines is 1. The van der Waals surface area contributed by atoms with Crippen molar-refractivity contribution >= 4 is 63.0 Å². The number of carbonyl (C=O) groups is 1. The maximum absolute atomic E-state index is 12.1. The van der Waals surface area contributed by atoms with Crippen LogP contribution in [0.1, 0.15) is 30.2 Å². The number of carbonyl (C=O) groups excluding carboxylic acids is 1. The number of aryl methyl sites for hydroxylation is 1. The lowest BCUT2D eigenvalue weighted by molar-refractivity contribution is -0.113. The number of thiol groups is 1. The molecule has 1 N–H and O–H groups in total. The number of hydrogen-bond acceptors (Lipinski definition) is 5. The number of nitrogens with zero attached hydrogens (tertiary/aromatic N) is 1. The maximum Gasteiger partial charge on any atom is 0.208 e. The molecule has 128 valence electrons. The molecule has 2 aromatic rings. The summed E-state index contributed by atoms with van der Waals surface area (Å²) in [5, 5.41) is 6.00. The Labute approximate surface area is 166 Å². The first-order chi connectivity index (χ1) is 11.0. The largest absolute Gasteiger partial charge is 0.357 e. The van der Waals surface area contributed by atoms with Gasteiger partial charge in [0.2, 0.25) is 5.12 Å². The van der Waals surface area contributed by atoms with Gasteiger partial charge in [0.05, 0.1) is 5.69 Å². The van der Waals surface area contributed by atoms with Gasteiger partial charge in [-0.15, -0.1) is 52.7 Å². The Morgan fingerprint density at radius 1 is 1.33 bits per heavy atom. The van der Waals surface area contributed by atoms with Gasteiger partial charge in [-0.3, -0.25) is 4.79 Å². The fourth-order valence-corrected chi connectivity index (χ4v) is 4.85. The number of allylic oxidation sites excluding steroid dienone is 2. The van der Waals surface area contributed by atoms with Crippen LogP contribution >= 0.6 is 52.7 Å². The number of thiazole rings is 1. The van der Waals surface area contributed by atoms with E-state index < -0.39 is 4.75 Å². The van der Waals surface area contributed by atoms with Crippen LogP contribution in [-0.2, 0) is 16.1 Å². The van der Waals surface area contributed by atoms with E-state index in [1.165, 1.54) is 22.5 Å². The van der Waals surface area contributed by atoms with Gasteiger partial charge in [0.25, 0.3) is 0 Å². The van der Waals surface area contributed by atoms with Crippen molar-refractivity contribution in [1.82, 2.24) is 4.98 Å². The molecule has 0 saturated carbocycles. The zero-order valence-corrected chi connectivity index (χ0v) is 17.6. The molecule has 0 fully saturated rings. The van der Waals surface area contributed by atoms with Crippen molar-refractivity contribution in [3.63, 3.8) is 0 Å². The second kappa shape index (κ2) is 8.08. The van der Waals surface area contributed by atoms with Crippen LogP contribution in [0.2, 0.25) is 0 Å². The molecule has 1 aliphatic heterocycles. The summed E-state index contributed by atoms with van der Waals surface area (Å²) in [6.07, 6.45) is 2.74. The van der Waals surface area contributed by atoms with Crippen LogP contribution < -0.4 is 5.32 Å². The molecular formula is C17H19BrN2OS3. The summed E-state index contributed by atoms with van der Waals surface area (Å²) in [7, 11) is 0. The van der Waals surface area contributed by atoms with Crippen LogP contribution in [0, 0.1) is 6.92 Å². The first-order valence-electron chi connectivity index (χ1n) is 7.34. The molecule has 1 atom stereocenters. The Kier molecular flexibility index (Phi) is 6.59. The number of nitrogens with one attached hydrogen (secondary N) is 1. The summed E-state index contributed by atoms with van der Waals surface area (Å²) in [4.78, 5) is 17.9. The van der Waals surface area contributed by atoms with Gasteiger partial charge >= 0.3 is 0 Å². The summed E-state index contributed by atoms with van der Waals surface area (Å²) in [5.74, 6) is 0. The highest BCUT2D eigenvalue weighted by molar-refractivity contribution is 8.93. The van der Waals surface area contributed by atoms with Crippen molar-refractivity contribution < 1.29 is 4.79 Å². The predicted octanol–water partition coefficient (Wildman–Crippen LogP) is 5.33. The molecule has 2 heterocycles. The average Bonchev–Trinajstić information content (AvgIpc) is 3.14. The Morgan fingerprint density at radius 2 is 2.04 bits per heavy atom. The summed E-state index contributed by atoms with van der Waals surface area (Å²) < 4.78 is -0.659. The van der Waals surface area contributed by atoms with E-state index >= 15 is 0 Å². The van der Waals surface area contributed by atoms with E-state index in [4.69, 9.17) is 0 Å². The normalized spacial score (nSPS) is 19.5. The second-order valence-electron chi connectivity index (χ2n) is 5.63. The molecule has 0 bridgehead atoms. The summed E-state index contributed by atoms with van der Waals surface area (Å²) >= 11 is 7.20. The minimum absolute atomic E-state index is 0. The minimum atomic E-state index is -0.659. The van der Waals surface area contributed by atoms with E-state index in [9.17, 15) is 4.79 Å². The van der Waals surface area contributed by atoms with Crippen LogP contribution in [0.3, 0.4) is 0 Å². The molecule has 3 nitrogen and oxygen atoms in total. The smallest absolute Gasteiger partial charge is 0.208 e. The van der Waals surface area contributed by atoms with E-state index in [2.05, 4.69) is 60.2 Å². The molecule has 7 heteroatoms. The fourth-order valence-electron chi connectivity index (χ4n) is 2.47. The lowest BCUT2D eigenvalue weighted by Gasteiger charge is -2.22. The van der Waals surface area contributed by atoms with Gasteiger partial charge in [-0.05, 0) is 30.7 Å². The first kappa shape index (κ1) is 19.6. The van der Waals surface area contributed by atoms with Gasteiger partial charge in [-0.2, -0.15) is 0 Å². The van der Waals surface area contributed by atoms with Crippen LogP contribution in [0.4, 0.5) is 5.13 Å². The maximum atomic E-state index is 12.1. The molecule has 24 heavy (non-hydrogen) atoms. The van der Waals surface area contributed by atoms with Crippen molar-refractivity contribution in [2.75, 3.05) is 5.32 Å². The number of aromatic nitrogens is 1. The highest BCUT2D eigenvalue weighted by atomic mass is 79.9. The Bertz CT molecular complexity index is 757. The van der Waals surface area contributed by atoms with Crippen molar-refractivity contribution in [1.29, 1.82) is 0 Å². The molecule has 0 radical (unpaired) electrons. The van der Waals surface area contributed by atoms with Gasteiger partial charge in [0.15, 0.2) is 5.13 Å². The summed E-state index contributed by atoms with van der Waals surface area (Å²) in [5.41, 5.74) is 3.26. The van der Waals surface area contributed by atoms with Crippen LogP contribution in [-0.4, -0.2) is 10.1 Å². The Morgan fingerprint density at radius 3 is 2.62 bits per heavy atom. The molecule has 1 aromatic heterocycles. The van der Waals surface area contributed by atoms with E-state index in [1.807, 2.05) is 12.3 Å². The summed E-state index contributed by atoms with van der Waals surface area (Å²) in [6.45, 7) is 4.82. The van der Waals surface area contributed by atoms with Gasteiger partial charge in [0, 0.05) is 11.9 Å². The van der Waals surface area contributed by atoms with Gasteiger partial charge in [-0.25, -0.2) is 4.98 Å². The third-order valence-electron chi connectivity index (χ3n) is 3.84. The highest BCUT2D eigenvalue weighted by Gasteiger charge is 2.43. The van der Waals surface area contributed by atoms with Gasteiger partial charge in [0.1, 0.15) is 4.75 Å². The molecule has 1 aliphatic rings. The van der Waals surface area contributed by atoms with E-state index in [0.29, 0.717) is 6.42 Å². The molecule has 1 unspecified atom stereocenters. The SMILES string of the molecule is Br.CC1=CCC(C(=O)S)(c2csc(NCc3ccc(C)cc3)n2)S1. The molecular weight excluding hydrogens is 424 g/mol. The molecule has 0 aliphatic carbocycles. The van der Waals surface area contributed by atoms with Crippen LogP contribution in [0.25, 0.3) is 0 Å². The lowest BCUT2D eigenvalue weighted by atomic mass is 10.0. The predicted molar refractivity (Wildman–Crippen MR) is 113 cm³/mol. The Hall–Kier alpha value is -0.760. The molecule has 3 rings (SSSR count). The third-order valence-corrected chi connectivity index (χ3v) is 6.57. The number of halogens is 1. The lowest BCUT2D eigenvalue weighted by Crippen LogP contribution is -2.26. The van der Waals surface area contributed by atoms with Crippen molar-refractivity contribution in [3.8, 4) is 0 Å². The van der Waals surface area contributed by atoms with Crippen LogP contribution in [0.5, 0.6) is 0 Å². The molecule has 0 saturated heterocycles. The number of thioether (sulfide) groups is 1. The van der Waals surface area contributed by atoms with E-state index in [-0.39, 0.29) is 22.1 Å². The number of hydrogen-bond donors (Lipinski definition) is 2. The first-order valence-corrected chi connectivity index (χ1v) is 9.48.